The molecule has 1 aromatic heterocycles. The van der Waals surface area contributed by atoms with E-state index in [4.69, 9.17) is 4.74 Å². The van der Waals surface area contributed by atoms with Gasteiger partial charge in [-0.15, -0.1) is 0 Å². The number of alkyl carbamates (subject to hydrolysis) is 1. The van der Waals surface area contributed by atoms with Gasteiger partial charge >= 0.3 is 12.1 Å². The molecule has 2 heterocycles. The summed E-state index contributed by atoms with van der Waals surface area (Å²) in [7, 11) is 0. The van der Waals surface area contributed by atoms with E-state index in [1.807, 2.05) is 42.5 Å². The molecule has 0 spiro atoms. The number of carbonyl (C=O) groups is 2. The highest BCUT2D eigenvalue weighted by atomic mass is 32.1. The maximum atomic E-state index is 11.9. The topological polar surface area (TPSA) is 78.9 Å². The van der Waals surface area contributed by atoms with Gasteiger partial charge in [0.1, 0.15) is 11.6 Å². The molecular weight excluding hydrogens is 316 g/mol. The number of hydrogen-bond donors (Lipinski definition) is 2. The molecule has 0 aromatic carbocycles. The Balaban J connectivity index is 1.99. The number of carbonyl (C=O) groups excluding carboxylic acids is 1. The predicted octanol–water partition coefficient (Wildman–Crippen LogP) is 2.86. The number of carboxylic acids is 1. The fourth-order valence-corrected chi connectivity index (χ4v) is 3.45. The average molecular weight is 340 g/mol. The van der Waals surface area contributed by atoms with Crippen molar-refractivity contribution in [1.29, 1.82) is 0 Å². The highest BCUT2D eigenvalue weighted by Crippen LogP contribution is 2.26. The van der Waals surface area contributed by atoms with Crippen LogP contribution in [0.2, 0.25) is 0 Å². The Bertz CT molecular complexity index is 539. The zero-order valence-corrected chi connectivity index (χ0v) is 14.6. The van der Waals surface area contributed by atoms with Crippen molar-refractivity contribution in [3.8, 4) is 0 Å². The van der Waals surface area contributed by atoms with Crippen LogP contribution in [0.3, 0.4) is 0 Å². The lowest BCUT2D eigenvalue weighted by Gasteiger charge is -2.36. The molecule has 7 heteroatoms. The molecule has 1 aromatic rings. The van der Waals surface area contributed by atoms with E-state index < -0.39 is 23.7 Å². The van der Waals surface area contributed by atoms with E-state index in [1.165, 1.54) is 11.3 Å². The maximum absolute atomic E-state index is 11.9. The second-order valence-corrected chi connectivity index (χ2v) is 7.56. The van der Waals surface area contributed by atoms with E-state index in [0.717, 1.165) is 18.4 Å². The largest absolute Gasteiger partial charge is 0.480 e. The Hall–Kier alpha value is -1.60. The van der Waals surface area contributed by atoms with E-state index in [9.17, 15) is 14.7 Å². The molecule has 2 rings (SSSR count). The van der Waals surface area contributed by atoms with Crippen LogP contribution in [0.25, 0.3) is 0 Å². The number of nitrogens with one attached hydrogen (secondary N) is 1. The third kappa shape index (κ3) is 5.21. The van der Waals surface area contributed by atoms with Crippen LogP contribution >= 0.6 is 11.3 Å². The summed E-state index contributed by atoms with van der Waals surface area (Å²) in [6.45, 7) is 6.66. The first kappa shape index (κ1) is 17.7. The van der Waals surface area contributed by atoms with Gasteiger partial charge in [-0.05, 0) is 62.5 Å². The molecule has 1 saturated heterocycles. The first-order valence-electron chi connectivity index (χ1n) is 7.75. The van der Waals surface area contributed by atoms with Gasteiger partial charge < -0.3 is 15.2 Å². The molecule has 0 unspecified atom stereocenters. The number of nitrogens with zero attached hydrogens (tertiary/aromatic N) is 1. The zero-order valence-electron chi connectivity index (χ0n) is 13.7. The minimum absolute atomic E-state index is 0.0981. The fourth-order valence-electron chi connectivity index (χ4n) is 2.77. The number of aliphatic carboxylic acids is 1. The number of carboxylic acid groups (broad SMARTS) is 1. The minimum Gasteiger partial charge on any atom is -0.480 e. The molecule has 23 heavy (non-hydrogen) atoms. The minimum atomic E-state index is -0.860. The van der Waals surface area contributed by atoms with Gasteiger partial charge in [0.2, 0.25) is 0 Å². The quantitative estimate of drug-likeness (QED) is 0.881. The molecule has 1 aliphatic rings. The van der Waals surface area contributed by atoms with Crippen molar-refractivity contribution >= 4 is 23.4 Å². The Morgan fingerprint density at radius 1 is 1.48 bits per heavy atom. The molecule has 6 nitrogen and oxygen atoms in total. The van der Waals surface area contributed by atoms with Crippen molar-refractivity contribution in [2.24, 2.45) is 0 Å². The van der Waals surface area contributed by atoms with E-state index in [2.05, 4.69) is 5.32 Å². The summed E-state index contributed by atoms with van der Waals surface area (Å²) >= 11 is 1.49. The number of amides is 1. The van der Waals surface area contributed by atoms with Gasteiger partial charge in [0.05, 0.1) is 0 Å². The summed E-state index contributed by atoms with van der Waals surface area (Å²) in [6, 6.07) is 1.08. The summed E-state index contributed by atoms with van der Waals surface area (Å²) in [5, 5.41) is 16.2. The molecule has 1 aliphatic heterocycles. The van der Waals surface area contributed by atoms with Gasteiger partial charge in [-0.2, -0.15) is 11.3 Å². The van der Waals surface area contributed by atoms with Crippen LogP contribution in [0.1, 0.15) is 45.2 Å². The van der Waals surface area contributed by atoms with Gasteiger partial charge in [0, 0.05) is 12.6 Å². The summed E-state index contributed by atoms with van der Waals surface area (Å²) < 4.78 is 5.27. The number of rotatable bonds is 4. The number of ether oxygens (including phenoxy) is 1. The molecule has 0 radical (unpaired) electrons. The summed E-state index contributed by atoms with van der Waals surface area (Å²) in [5.41, 5.74) is 0.249. The number of thiophene rings is 1. The van der Waals surface area contributed by atoms with Crippen molar-refractivity contribution in [3.63, 3.8) is 0 Å². The molecular formula is C16H24N2O4S. The zero-order chi connectivity index (χ0) is 17.0. The second-order valence-electron chi connectivity index (χ2n) is 6.78. The molecule has 0 bridgehead atoms. The second kappa shape index (κ2) is 7.31. The molecule has 0 aliphatic carbocycles. The monoisotopic (exact) mass is 340 g/mol. The lowest BCUT2D eigenvalue weighted by atomic mass is 10.0. The van der Waals surface area contributed by atoms with Crippen molar-refractivity contribution in [2.75, 3.05) is 13.1 Å². The molecule has 0 saturated carbocycles. The summed E-state index contributed by atoms with van der Waals surface area (Å²) in [6.07, 6.45) is 1.21. The first-order valence-corrected chi connectivity index (χ1v) is 8.69. The van der Waals surface area contributed by atoms with Crippen LogP contribution in [0.4, 0.5) is 4.79 Å². The third-order valence-electron chi connectivity index (χ3n) is 3.63. The summed E-state index contributed by atoms with van der Waals surface area (Å²) in [5.74, 6) is -0.860. The van der Waals surface area contributed by atoms with E-state index >= 15 is 0 Å². The molecule has 128 valence electrons. The lowest BCUT2D eigenvalue weighted by molar-refractivity contribution is -0.144. The third-order valence-corrected chi connectivity index (χ3v) is 4.33. The lowest BCUT2D eigenvalue weighted by Crippen LogP contribution is -2.50. The van der Waals surface area contributed by atoms with E-state index in [0.29, 0.717) is 13.1 Å². The number of piperidine rings is 1. The first-order chi connectivity index (χ1) is 10.8. The number of hydrogen-bond acceptors (Lipinski definition) is 5. The van der Waals surface area contributed by atoms with Crippen LogP contribution in [0.15, 0.2) is 16.8 Å². The number of likely N-dealkylation sites (tertiary alicyclic amines) is 1. The highest BCUT2D eigenvalue weighted by Gasteiger charge is 2.32. The van der Waals surface area contributed by atoms with E-state index in [1.54, 1.807) is 0 Å². The summed E-state index contributed by atoms with van der Waals surface area (Å²) in [4.78, 5) is 25.5. The Kier molecular flexibility index (Phi) is 5.64. The van der Waals surface area contributed by atoms with Crippen molar-refractivity contribution in [3.05, 3.63) is 22.4 Å². The van der Waals surface area contributed by atoms with Gasteiger partial charge in [0.25, 0.3) is 0 Å². The molecule has 2 atom stereocenters. The highest BCUT2D eigenvalue weighted by molar-refractivity contribution is 7.08. The molecule has 1 fully saturated rings. The Morgan fingerprint density at radius 3 is 2.78 bits per heavy atom. The normalized spacial score (nSPS) is 20.7. The van der Waals surface area contributed by atoms with Crippen LogP contribution in [-0.4, -0.2) is 46.8 Å². The van der Waals surface area contributed by atoms with Crippen molar-refractivity contribution in [2.45, 2.75) is 51.3 Å². The van der Waals surface area contributed by atoms with Crippen LogP contribution in [-0.2, 0) is 9.53 Å². The molecule has 1 amide bonds. The van der Waals surface area contributed by atoms with Crippen molar-refractivity contribution < 1.29 is 19.4 Å². The smallest absolute Gasteiger partial charge is 0.407 e. The maximum Gasteiger partial charge on any atom is 0.407 e. The van der Waals surface area contributed by atoms with Crippen LogP contribution < -0.4 is 5.32 Å². The predicted molar refractivity (Wildman–Crippen MR) is 88.7 cm³/mol. The fraction of sp³-hybridized carbons (Fsp3) is 0.625. The average Bonchev–Trinajstić information content (AvgIpc) is 2.90. The molecule has 2 N–H and O–H groups in total. The van der Waals surface area contributed by atoms with E-state index in [-0.39, 0.29) is 6.04 Å². The Morgan fingerprint density at radius 2 is 2.22 bits per heavy atom. The van der Waals surface area contributed by atoms with Crippen molar-refractivity contribution in [1.82, 2.24) is 10.2 Å². The van der Waals surface area contributed by atoms with Crippen LogP contribution in [0, 0.1) is 0 Å². The van der Waals surface area contributed by atoms with Gasteiger partial charge in [-0.25, -0.2) is 4.79 Å². The van der Waals surface area contributed by atoms with Crippen LogP contribution in [0.5, 0.6) is 0 Å². The van der Waals surface area contributed by atoms with Gasteiger partial charge in [0.15, 0.2) is 0 Å². The Labute approximate surface area is 140 Å². The SMILES string of the molecule is CC(C)(C)OC(=O)N[C@@H]1CCCN([C@H](C(=O)O)c2ccsc2)C1. The standard InChI is InChI=1S/C16H24N2O4S/c1-16(2,3)22-15(21)17-12-5-4-7-18(9-12)13(14(19)20)11-6-8-23-10-11/h6,8,10,12-13H,4-5,7,9H2,1-3H3,(H,17,21)(H,19,20)/t12-,13+/m1/s1. The van der Waals surface area contributed by atoms with Gasteiger partial charge in [-0.3, -0.25) is 9.69 Å². The van der Waals surface area contributed by atoms with Gasteiger partial charge in [-0.1, -0.05) is 0 Å².